The van der Waals surface area contributed by atoms with E-state index in [0.717, 1.165) is 37.6 Å². The van der Waals surface area contributed by atoms with Crippen molar-refractivity contribution in [1.29, 1.82) is 0 Å². The number of ether oxygens (including phenoxy) is 2. The van der Waals surface area contributed by atoms with Crippen molar-refractivity contribution < 1.29 is 14.3 Å². The molecule has 0 spiro atoms. The van der Waals surface area contributed by atoms with Gasteiger partial charge in [0.15, 0.2) is 0 Å². The predicted octanol–water partition coefficient (Wildman–Crippen LogP) is 1.71. The highest BCUT2D eigenvalue weighted by molar-refractivity contribution is 5.74. The summed E-state index contributed by atoms with van der Waals surface area (Å²) in [6, 6.07) is 7.78. The van der Waals surface area contributed by atoms with Gasteiger partial charge in [0.25, 0.3) is 0 Å². The van der Waals surface area contributed by atoms with E-state index in [1.54, 1.807) is 7.11 Å². The molecule has 0 aromatic heterocycles. The van der Waals surface area contributed by atoms with E-state index in [4.69, 9.17) is 9.47 Å². The third kappa shape index (κ3) is 6.09. The number of para-hydroxylation sites is 1. The van der Waals surface area contributed by atoms with Gasteiger partial charge in [-0.2, -0.15) is 0 Å². The molecule has 152 valence electrons. The average molecular weight is 379 g/mol. The molecule has 7 nitrogen and oxygen atoms in total. The standard InChI is InChI=1S/C20H34N4O3/c1-20(2,24-10-12-27-13-11-24)15-22-19(25)21-14-17(23(3)4)16-8-6-7-9-18(16)26-5/h6-9,17H,10-15H2,1-5H3,(H2,21,22,25). The van der Waals surface area contributed by atoms with E-state index in [2.05, 4.69) is 34.3 Å². The summed E-state index contributed by atoms with van der Waals surface area (Å²) in [4.78, 5) is 16.8. The summed E-state index contributed by atoms with van der Waals surface area (Å²) in [6.07, 6.45) is 0. The van der Waals surface area contributed by atoms with Crippen LogP contribution < -0.4 is 15.4 Å². The van der Waals surface area contributed by atoms with Crippen LogP contribution in [0.4, 0.5) is 4.79 Å². The molecule has 1 unspecified atom stereocenters. The first-order chi connectivity index (χ1) is 12.8. The average Bonchev–Trinajstić information content (AvgIpc) is 2.67. The number of nitrogens with zero attached hydrogens (tertiary/aromatic N) is 2. The van der Waals surface area contributed by atoms with Gasteiger partial charge in [-0.3, -0.25) is 4.90 Å². The van der Waals surface area contributed by atoms with Crippen LogP contribution in [0.15, 0.2) is 24.3 Å². The quantitative estimate of drug-likeness (QED) is 0.721. The van der Waals surface area contributed by atoms with Gasteiger partial charge < -0.3 is 25.0 Å². The fourth-order valence-electron chi connectivity index (χ4n) is 3.34. The van der Waals surface area contributed by atoms with Crippen molar-refractivity contribution in [2.45, 2.75) is 25.4 Å². The molecule has 2 rings (SSSR count). The second-order valence-electron chi connectivity index (χ2n) is 7.70. The van der Waals surface area contributed by atoms with Gasteiger partial charge in [-0.1, -0.05) is 18.2 Å². The Bertz CT molecular complexity index is 601. The lowest BCUT2D eigenvalue weighted by Gasteiger charge is -2.40. The Morgan fingerprint density at radius 1 is 1.26 bits per heavy atom. The van der Waals surface area contributed by atoms with E-state index < -0.39 is 0 Å². The number of nitrogens with one attached hydrogen (secondary N) is 2. The lowest BCUT2D eigenvalue weighted by molar-refractivity contribution is -0.00875. The van der Waals surface area contributed by atoms with Gasteiger partial charge in [0.1, 0.15) is 5.75 Å². The van der Waals surface area contributed by atoms with Crippen LogP contribution in [0.2, 0.25) is 0 Å². The number of morpholine rings is 1. The largest absolute Gasteiger partial charge is 0.496 e. The van der Waals surface area contributed by atoms with Crippen LogP contribution in [-0.2, 0) is 4.74 Å². The Kier molecular flexibility index (Phi) is 7.89. The second kappa shape index (κ2) is 9.92. The number of amides is 2. The highest BCUT2D eigenvalue weighted by Crippen LogP contribution is 2.27. The Morgan fingerprint density at radius 3 is 2.56 bits per heavy atom. The van der Waals surface area contributed by atoms with E-state index in [1.165, 1.54) is 0 Å². The topological polar surface area (TPSA) is 66.1 Å². The number of carbonyl (C=O) groups excluding carboxylic acids is 1. The van der Waals surface area contributed by atoms with Gasteiger partial charge in [0.2, 0.25) is 0 Å². The molecule has 1 saturated heterocycles. The number of urea groups is 1. The van der Waals surface area contributed by atoms with Gasteiger partial charge in [0, 0.05) is 37.3 Å². The fraction of sp³-hybridized carbons (Fsp3) is 0.650. The number of likely N-dealkylation sites (N-methyl/N-ethyl adjacent to an activating group) is 1. The lowest BCUT2D eigenvalue weighted by Crippen LogP contribution is -2.56. The molecule has 0 aliphatic carbocycles. The summed E-state index contributed by atoms with van der Waals surface area (Å²) in [6.45, 7) is 8.67. The Balaban J connectivity index is 1.88. The molecule has 2 N–H and O–H groups in total. The number of rotatable bonds is 8. The zero-order valence-corrected chi connectivity index (χ0v) is 17.2. The number of carbonyl (C=O) groups is 1. The lowest BCUT2D eigenvalue weighted by atomic mass is 10.0. The SMILES string of the molecule is COc1ccccc1C(CNC(=O)NCC(C)(C)N1CCOCC1)N(C)C. The Morgan fingerprint density at radius 2 is 1.93 bits per heavy atom. The summed E-state index contributed by atoms with van der Waals surface area (Å²) in [5, 5.41) is 6.01. The number of benzene rings is 1. The second-order valence-corrected chi connectivity index (χ2v) is 7.70. The highest BCUT2D eigenvalue weighted by atomic mass is 16.5. The number of hydrogen-bond acceptors (Lipinski definition) is 5. The third-order valence-corrected chi connectivity index (χ3v) is 5.13. The number of hydrogen-bond donors (Lipinski definition) is 2. The molecular weight excluding hydrogens is 344 g/mol. The summed E-state index contributed by atoms with van der Waals surface area (Å²) in [5.74, 6) is 0.826. The zero-order valence-electron chi connectivity index (χ0n) is 17.2. The third-order valence-electron chi connectivity index (χ3n) is 5.13. The minimum atomic E-state index is -0.155. The first-order valence-corrected chi connectivity index (χ1v) is 9.49. The monoisotopic (exact) mass is 378 g/mol. The van der Waals surface area contributed by atoms with Crippen LogP contribution in [0.3, 0.4) is 0 Å². The molecule has 1 atom stereocenters. The van der Waals surface area contributed by atoms with E-state index in [1.807, 2.05) is 38.4 Å². The van der Waals surface area contributed by atoms with Crippen molar-refractivity contribution in [2.75, 3.05) is 60.6 Å². The normalized spacial score (nSPS) is 16.8. The molecular formula is C20H34N4O3. The van der Waals surface area contributed by atoms with E-state index >= 15 is 0 Å². The van der Waals surface area contributed by atoms with E-state index in [0.29, 0.717) is 13.1 Å². The fourth-order valence-corrected chi connectivity index (χ4v) is 3.34. The maximum Gasteiger partial charge on any atom is 0.314 e. The van der Waals surface area contributed by atoms with Crippen molar-refractivity contribution in [3.63, 3.8) is 0 Å². The van der Waals surface area contributed by atoms with Crippen LogP contribution in [0, 0.1) is 0 Å². The molecule has 1 fully saturated rings. The minimum absolute atomic E-state index is 0.0270. The summed E-state index contributed by atoms with van der Waals surface area (Å²) >= 11 is 0. The van der Waals surface area contributed by atoms with Gasteiger partial charge in [-0.15, -0.1) is 0 Å². The predicted molar refractivity (Wildman–Crippen MR) is 107 cm³/mol. The molecule has 0 radical (unpaired) electrons. The molecule has 0 saturated carbocycles. The molecule has 27 heavy (non-hydrogen) atoms. The zero-order chi connectivity index (χ0) is 19.9. The molecule has 7 heteroatoms. The number of methoxy groups -OCH3 is 1. The van der Waals surface area contributed by atoms with Crippen LogP contribution >= 0.6 is 0 Å². The van der Waals surface area contributed by atoms with Gasteiger partial charge >= 0.3 is 6.03 Å². The van der Waals surface area contributed by atoms with Crippen LogP contribution in [-0.4, -0.2) is 82.0 Å². The van der Waals surface area contributed by atoms with Gasteiger partial charge in [-0.25, -0.2) is 4.79 Å². The first kappa shape index (κ1) is 21.5. The molecule has 2 amide bonds. The summed E-state index contributed by atoms with van der Waals surface area (Å²) < 4.78 is 10.9. The molecule has 1 aromatic carbocycles. The van der Waals surface area contributed by atoms with Crippen molar-refractivity contribution in [2.24, 2.45) is 0 Å². The van der Waals surface area contributed by atoms with Crippen molar-refractivity contribution in [1.82, 2.24) is 20.4 Å². The van der Waals surface area contributed by atoms with Crippen LogP contribution in [0.5, 0.6) is 5.75 Å². The molecule has 1 aromatic rings. The summed E-state index contributed by atoms with van der Waals surface area (Å²) in [7, 11) is 5.66. The van der Waals surface area contributed by atoms with Crippen molar-refractivity contribution >= 4 is 6.03 Å². The van der Waals surface area contributed by atoms with Crippen molar-refractivity contribution in [3.8, 4) is 5.75 Å². The molecule has 1 aliphatic rings. The summed E-state index contributed by atoms with van der Waals surface area (Å²) in [5.41, 5.74) is 0.948. The molecule has 1 aliphatic heterocycles. The Hall–Kier alpha value is -1.83. The molecule has 0 bridgehead atoms. The smallest absolute Gasteiger partial charge is 0.314 e. The van der Waals surface area contributed by atoms with Crippen LogP contribution in [0.1, 0.15) is 25.5 Å². The van der Waals surface area contributed by atoms with Gasteiger partial charge in [-0.05, 0) is 34.0 Å². The van der Waals surface area contributed by atoms with E-state index in [-0.39, 0.29) is 17.6 Å². The van der Waals surface area contributed by atoms with Gasteiger partial charge in [0.05, 0.1) is 26.4 Å². The molecule has 1 heterocycles. The first-order valence-electron chi connectivity index (χ1n) is 9.49. The Labute approximate surface area is 163 Å². The minimum Gasteiger partial charge on any atom is -0.496 e. The van der Waals surface area contributed by atoms with E-state index in [9.17, 15) is 4.79 Å². The van der Waals surface area contributed by atoms with Crippen molar-refractivity contribution in [3.05, 3.63) is 29.8 Å². The highest BCUT2D eigenvalue weighted by Gasteiger charge is 2.28. The maximum atomic E-state index is 12.4. The maximum absolute atomic E-state index is 12.4. The van der Waals surface area contributed by atoms with Crippen LogP contribution in [0.25, 0.3) is 0 Å².